The van der Waals surface area contributed by atoms with E-state index < -0.39 is 64.0 Å². The number of hydrogen-bond acceptors (Lipinski definition) is 9. The Morgan fingerprint density at radius 2 is 1.77 bits per heavy atom. The Morgan fingerprint density at radius 3 is 2.38 bits per heavy atom. The Kier molecular flexibility index (Phi) is 5.89. The van der Waals surface area contributed by atoms with Gasteiger partial charge in [-0.15, -0.1) is 0 Å². The number of likely N-dealkylation sites (N-methyl/N-ethyl adjacent to an activating group) is 1. The van der Waals surface area contributed by atoms with E-state index in [-0.39, 0.29) is 35.3 Å². The van der Waals surface area contributed by atoms with E-state index in [1.54, 1.807) is 18.2 Å². The normalized spacial score (nSPS) is 26.3. The molecule has 39 heavy (non-hydrogen) atoms. The molecular formula is C28H26N2O9. The second-order valence-corrected chi connectivity index (χ2v) is 10.3. The summed E-state index contributed by atoms with van der Waals surface area (Å²) < 4.78 is 0. The van der Waals surface area contributed by atoms with E-state index in [9.17, 15) is 44.7 Å². The number of carbonyl (C=O) groups is 4. The summed E-state index contributed by atoms with van der Waals surface area (Å²) in [5.74, 6) is -8.40. The number of aliphatic hydroxyl groups excluding tert-OH is 2. The largest absolute Gasteiger partial charge is 0.508 e. The molecule has 0 heterocycles. The molecule has 3 aliphatic carbocycles. The van der Waals surface area contributed by atoms with Crippen LogP contribution in [-0.4, -0.2) is 79.6 Å². The van der Waals surface area contributed by atoms with Crippen molar-refractivity contribution in [1.29, 1.82) is 0 Å². The lowest BCUT2D eigenvalue weighted by Crippen LogP contribution is -2.65. The molecule has 0 spiro atoms. The van der Waals surface area contributed by atoms with Crippen molar-refractivity contribution in [2.75, 3.05) is 14.1 Å². The molecule has 4 atom stereocenters. The SMILES string of the molecule is CN(C)[C@H]1C(=O)C(C(N)=O)=C(O)[C@]2(O)C(=O)C3=C(O)c4c(O)ccc(-c5cccc(C(=O)O)c5)c4C[C@@H]3C[C@H]12. The zero-order chi connectivity index (χ0) is 28.5. The number of nitrogens with zero attached hydrogens (tertiary/aromatic N) is 1. The number of Topliss-reactive ketones (excluding diaryl/α,β-unsaturated/α-hetero) is 2. The van der Waals surface area contributed by atoms with Gasteiger partial charge in [0, 0.05) is 11.5 Å². The summed E-state index contributed by atoms with van der Waals surface area (Å²) in [6.45, 7) is 0. The highest BCUT2D eigenvalue weighted by atomic mass is 16.4. The number of phenolic OH excluding ortho intramolecular Hbond substituents is 1. The van der Waals surface area contributed by atoms with Crippen molar-refractivity contribution in [1.82, 2.24) is 4.90 Å². The molecule has 11 heteroatoms. The van der Waals surface area contributed by atoms with E-state index in [4.69, 9.17) is 5.73 Å². The maximum atomic E-state index is 13.9. The number of carboxylic acids is 1. The van der Waals surface area contributed by atoms with Crippen LogP contribution in [0.5, 0.6) is 5.75 Å². The minimum absolute atomic E-state index is 0.0329. The number of benzene rings is 2. The van der Waals surface area contributed by atoms with Gasteiger partial charge in [-0.3, -0.25) is 19.3 Å². The molecule has 3 aliphatic rings. The topological polar surface area (TPSA) is 199 Å². The van der Waals surface area contributed by atoms with Gasteiger partial charge in [-0.05, 0) is 67.7 Å². The minimum Gasteiger partial charge on any atom is -0.508 e. The van der Waals surface area contributed by atoms with Crippen LogP contribution in [0.2, 0.25) is 0 Å². The molecule has 1 amide bonds. The number of rotatable bonds is 4. The first-order valence-corrected chi connectivity index (χ1v) is 12.1. The Bertz CT molecular complexity index is 1550. The Labute approximate surface area is 222 Å². The van der Waals surface area contributed by atoms with Gasteiger partial charge in [0.2, 0.25) is 5.78 Å². The average molecular weight is 535 g/mol. The molecule has 1 saturated carbocycles. The lowest BCUT2D eigenvalue weighted by atomic mass is 9.57. The van der Waals surface area contributed by atoms with Gasteiger partial charge in [-0.25, -0.2) is 4.79 Å². The number of carbonyl (C=O) groups excluding carboxylic acids is 3. The summed E-state index contributed by atoms with van der Waals surface area (Å²) in [7, 11) is 3.05. The fourth-order valence-corrected chi connectivity index (χ4v) is 6.33. The number of ketones is 2. The third-order valence-corrected chi connectivity index (χ3v) is 8.02. The summed E-state index contributed by atoms with van der Waals surface area (Å²) in [5, 5.41) is 54.0. The Morgan fingerprint density at radius 1 is 1.08 bits per heavy atom. The molecule has 2 aromatic rings. The van der Waals surface area contributed by atoms with Crippen LogP contribution in [0.15, 0.2) is 53.3 Å². The highest BCUT2D eigenvalue weighted by molar-refractivity contribution is 6.24. The van der Waals surface area contributed by atoms with Crippen molar-refractivity contribution in [2.45, 2.75) is 24.5 Å². The van der Waals surface area contributed by atoms with Crippen molar-refractivity contribution in [3.05, 3.63) is 70.0 Å². The van der Waals surface area contributed by atoms with Gasteiger partial charge in [0.1, 0.15) is 22.8 Å². The zero-order valence-corrected chi connectivity index (χ0v) is 21.0. The second-order valence-electron chi connectivity index (χ2n) is 10.3. The monoisotopic (exact) mass is 534 g/mol. The first kappa shape index (κ1) is 26.1. The quantitative estimate of drug-likeness (QED) is 0.311. The van der Waals surface area contributed by atoms with E-state index in [1.165, 1.54) is 37.2 Å². The number of fused-ring (bicyclic) bond motifs is 3. The standard InChI is InChI=1S/C28H26N2O9/c1-30(2)21-16-10-13-9-15-14(11-4-3-5-12(8-11)27(37)38)6-7-17(31)19(15)22(32)18(13)24(34)28(16,39)25(35)20(23(21)33)26(29)36/h3-8,13,16,21,31-32,35,39H,9-10H2,1-2H3,(H2,29,36)(H,37,38)/t13-,16-,21-,28-/m1/s1. The number of hydrogen-bond donors (Lipinski definition) is 6. The fourth-order valence-electron chi connectivity index (χ4n) is 6.33. The molecule has 0 aromatic heterocycles. The van der Waals surface area contributed by atoms with Crippen molar-refractivity contribution in [3.8, 4) is 16.9 Å². The van der Waals surface area contributed by atoms with Crippen molar-refractivity contribution < 1.29 is 44.7 Å². The number of carboxylic acid groups (broad SMARTS) is 1. The molecule has 0 bridgehead atoms. The highest BCUT2D eigenvalue weighted by Gasteiger charge is 2.64. The molecule has 0 aliphatic heterocycles. The van der Waals surface area contributed by atoms with Gasteiger partial charge in [-0.2, -0.15) is 0 Å². The first-order valence-electron chi connectivity index (χ1n) is 12.1. The summed E-state index contributed by atoms with van der Waals surface area (Å²) in [6.07, 6.45) is 0.0472. The van der Waals surface area contributed by atoms with Crippen molar-refractivity contribution in [3.63, 3.8) is 0 Å². The van der Waals surface area contributed by atoms with Crippen LogP contribution in [0.3, 0.4) is 0 Å². The molecule has 2 aromatic carbocycles. The molecule has 11 nitrogen and oxygen atoms in total. The number of aliphatic hydroxyl groups is 3. The summed E-state index contributed by atoms with van der Waals surface area (Å²) in [6, 6.07) is 7.81. The predicted molar refractivity (Wildman–Crippen MR) is 137 cm³/mol. The van der Waals surface area contributed by atoms with E-state index >= 15 is 0 Å². The summed E-state index contributed by atoms with van der Waals surface area (Å²) in [5.41, 5.74) is 2.93. The van der Waals surface area contributed by atoms with Gasteiger partial charge in [0.15, 0.2) is 11.4 Å². The van der Waals surface area contributed by atoms with E-state index in [1.807, 2.05) is 0 Å². The molecule has 0 unspecified atom stereocenters. The number of phenols is 1. The number of amides is 1. The molecule has 5 rings (SSSR count). The van der Waals surface area contributed by atoms with Crippen LogP contribution < -0.4 is 5.73 Å². The summed E-state index contributed by atoms with van der Waals surface area (Å²) >= 11 is 0. The molecule has 7 N–H and O–H groups in total. The van der Waals surface area contributed by atoms with Crippen molar-refractivity contribution in [2.24, 2.45) is 17.6 Å². The third-order valence-electron chi connectivity index (χ3n) is 8.02. The number of aromatic carboxylic acids is 1. The van der Waals surface area contributed by atoms with Gasteiger partial charge in [0.25, 0.3) is 5.91 Å². The number of nitrogens with two attached hydrogens (primary N) is 1. The van der Waals surface area contributed by atoms with Gasteiger partial charge >= 0.3 is 5.97 Å². The fraction of sp³-hybridized carbons (Fsp3) is 0.286. The zero-order valence-electron chi connectivity index (χ0n) is 21.0. The van der Waals surface area contributed by atoms with Crippen LogP contribution in [0, 0.1) is 11.8 Å². The minimum atomic E-state index is -2.71. The maximum absolute atomic E-state index is 13.9. The first-order chi connectivity index (χ1) is 18.3. The Hall–Kier alpha value is -4.48. The van der Waals surface area contributed by atoms with Gasteiger partial charge in [0.05, 0.1) is 17.2 Å². The van der Waals surface area contributed by atoms with E-state index in [0.717, 1.165) is 0 Å². The third kappa shape index (κ3) is 3.57. The maximum Gasteiger partial charge on any atom is 0.335 e. The number of primary amides is 1. The van der Waals surface area contributed by atoms with E-state index in [2.05, 4.69) is 0 Å². The highest BCUT2D eigenvalue weighted by Crippen LogP contribution is 2.53. The molecule has 0 saturated heterocycles. The van der Waals surface area contributed by atoms with Crippen LogP contribution in [0.4, 0.5) is 0 Å². The predicted octanol–water partition coefficient (Wildman–Crippen LogP) is 1.33. The van der Waals surface area contributed by atoms with Gasteiger partial charge < -0.3 is 31.3 Å². The van der Waals surface area contributed by atoms with Crippen molar-refractivity contribution >= 4 is 29.2 Å². The molecule has 0 radical (unpaired) electrons. The number of aromatic hydroxyl groups is 1. The summed E-state index contributed by atoms with van der Waals surface area (Å²) in [4.78, 5) is 52.1. The molecular weight excluding hydrogens is 508 g/mol. The van der Waals surface area contributed by atoms with Crippen LogP contribution in [0.25, 0.3) is 16.9 Å². The molecule has 1 fully saturated rings. The lowest BCUT2D eigenvalue weighted by molar-refractivity contribution is -0.153. The lowest BCUT2D eigenvalue weighted by Gasteiger charge is -2.50. The van der Waals surface area contributed by atoms with Crippen LogP contribution >= 0.6 is 0 Å². The Balaban J connectivity index is 1.73. The van der Waals surface area contributed by atoms with Gasteiger partial charge in [-0.1, -0.05) is 18.2 Å². The second kappa shape index (κ2) is 8.79. The smallest absolute Gasteiger partial charge is 0.335 e. The van der Waals surface area contributed by atoms with Crippen LogP contribution in [0.1, 0.15) is 27.9 Å². The van der Waals surface area contributed by atoms with E-state index in [0.29, 0.717) is 16.7 Å². The molecule has 202 valence electrons. The van der Waals surface area contributed by atoms with Crippen LogP contribution in [-0.2, 0) is 20.8 Å². The average Bonchev–Trinajstić information content (AvgIpc) is 2.86.